The minimum atomic E-state index is -1.45. The van der Waals surface area contributed by atoms with E-state index in [2.05, 4.69) is 5.32 Å². The number of carbonyl (C=O) groups excluding carboxylic acids is 1. The van der Waals surface area contributed by atoms with Gasteiger partial charge in [-0.1, -0.05) is 0 Å². The van der Waals surface area contributed by atoms with E-state index in [-0.39, 0.29) is 6.42 Å². The summed E-state index contributed by atoms with van der Waals surface area (Å²) in [5.41, 5.74) is -1.45. The molecule has 0 radical (unpaired) electrons. The van der Waals surface area contributed by atoms with Gasteiger partial charge in [0.15, 0.2) is 0 Å². The summed E-state index contributed by atoms with van der Waals surface area (Å²) in [4.78, 5) is 22.6. The SMILES string of the molecule is O=C(O)[C@H]1CC[C@@H](C(=O)NC(CO)(CO)CO)C1. The van der Waals surface area contributed by atoms with Gasteiger partial charge in [-0.05, 0) is 19.3 Å². The maximum atomic E-state index is 11.9. The van der Waals surface area contributed by atoms with Crippen LogP contribution in [0.5, 0.6) is 0 Å². The molecule has 104 valence electrons. The molecule has 1 rings (SSSR count). The zero-order chi connectivity index (χ0) is 13.8. The molecule has 18 heavy (non-hydrogen) atoms. The van der Waals surface area contributed by atoms with Crippen LogP contribution in [0.2, 0.25) is 0 Å². The smallest absolute Gasteiger partial charge is 0.306 e. The highest BCUT2D eigenvalue weighted by atomic mass is 16.4. The van der Waals surface area contributed by atoms with Gasteiger partial charge in [0.25, 0.3) is 0 Å². The summed E-state index contributed by atoms with van der Waals surface area (Å²) in [6, 6.07) is 0. The second-order valence-electron chi connectivity index (χ2n) is 4.79. The van der Waals surface area contributed by atoms with E-state index >= 15 is 0 Å². The second kappa shape index (κ2) is 6.12. The first-order chi connectivity index (χ1) is 8.48. The standard InChI is InChI=1S/C11H19NO6/c13-4-11(5-14,6-15)12-9(16)7-1-2-8(3-7)10(17)18/h7-8,13-15H,1-6H2,(H,12,16)(H,17,18)/t7-,8+/m1/s1. The van der Waals surface area contributed by atoms with Gasteiger partial charge in [-0.25, -0.2) is 0 Å². The quantitative estimate of drug-likeness (QED) is 0.388. The van der Waals surface area contributed by atoms with E-state index < -0.39 is 49.1 Å². The van der Waals surface area contributed by atoms with Crippen molar-refractivity contribution >= 4 is 11.9 Å². The maximum Gasteiger partial charge on any atom is 0.306 e. The molecule has 0 heterocycles. The highest BCUT2D eigenvalue weighted by Gasteiger charge is 2.37. The number of hydrogen-bond donors (Lipinski definition) is 5. The van der Waals surface area contributed by atoms with E-state index in [1.54, 1.807) is 0 Å². The van der Waals surface area contributed by atoms with Crippen LogP contribution in [0.25, 0.3) is 0 Å². The summed E-state index contributed by atoms with van der Waals surface area (Å²) >= 11 is 0. The number of nitrogens with one attached hydrogen (secondary N) is 1. The molecule has 0 spiro atoms. The van der Waals surface area contributed by atoms with Crippen molar-refractivity contribution in [3.8, 4) is 0 Å². The summed E-state index contributed by atoms with van der Waals surface area (Å²) < 4.78 is 0. The number of aliphatic carboxylic acids is 1. The molecule has 7 nitrogen and oxygen atoms in total. The molecule has 0 aromatic heterocycles. The average molecular weight is 261 g/mol. The van der Waals surface area contributed by atoms with Gasteiger partial charge in [0, 0.05) is 5.92 Å². The Balaban J connectivity index is 2.58. The third kappa shape index (κ3) is 3.18. The third-order valence-electron chi connectivity index (χ3n) is 3.45. The number of aliphatic hydroxyl groups excluding tert-OH is 3. The number of carbonyl (C=O) groups is 2. The molecule has 1 aliphatic rings. The lowest BCUT2D eigenvalue weighted by molar-refractivity contribution is -0.141. The Bertz CT molecular complexity index is 306. The topological polar surface area (TPSA) is 127 Å². The molecule has 0 aliphatic heterocycles. The predicted molar refractivity (Wildman–Crippen MR) is 60.6 cm³/mol. The zero-order valence-corrected chi connectivity index (χ0v) is 10.0. The molecule has 1 aliphatic carbocycles. The molecule has 0 aromatic rings. The van der Waals surface area contributed by atoms with Crippen LogP contribution in [-0.2, 0) is 9.59 Å². The Hall–Kier alpha value is -1.18. The monoisotopic (exact) mass is 261 g/mol. The van der Waals surface area contributed by atoms with Crippen LogP contribution in [0.1, 0.15) is 19.3 Å². The summed E-state index contributed by atoms with van der Waals surface area (Å²) in [5.74, 6) is -2.32. The van der Waals surface area contributed by atoms with E-state index in [1.807, 2.05) is 0 Å². The van der Waals surface area contributed by atoms with Gasteiger partial charge in [0.1, 0.15) is 5.54 Å². The van der Waals surface area contributed by atoms with Gasteiger partial charge in [0.05, 0.1) is 25.7 Å². The average Bonchev–Trinajstić information content (AvgIpc) is 2.86. The lowest BCUT2D eigenvalue weighted by atomic mass is 9.99. The minimum absolute atomic E-state index is 0.250. The fourth-order valence-electron chi connectivity index (χ4n) is 2.08. The first kappa shape index (κ1) is 14.9. The number of aliphatic hydroxyl groups is 3. The summed E-state index contributed by atoms with van der Waals surface area (Å²) in [7, 11) is 0. The Labute approximate surface area is 104 Å². The van der Waals surface area contributed by atoms with Gasteiger partial charge in [0.2, 0.25) is 5.91 Å². The van der Waals surface area contributed by atoms with Crippen LogP contribution in [0.3, 0.4) is 0 Å². The molecular formula is C11H19NO6. The molecule has 5 N–H and O–H groups in total. The molecule has 1 fully saturated rings. The van der Waals surface area contributed by atoms with Gasteiger partial charge < -0.3 is 25.7 Å². The Morgan fingerprint density at radius 1 is 1.06 bits per heavy atom. The highest BCUT2D eigenvalue weighted by Crippen LogP contribution is 2.31. The van der Waals surface area contributed by atoms with Crippen molar-refractivity contribution < 1.29 is 30.0 Å². The molecule has 1 saturated carbocycles. The third-order valence-corrected chi connectivity index (χ3v) is 3.45. The second-order valence-corrected chi connectivity index (χ2v) is 4.79. The van der Waals surface area contributed by atoms with Crippen molar-refractivity contribution in [2.45, 2.75) is 24.8 Å². The molecular weight excluding hydrogens is 242 g/mol. The number of amides is 1. The van der Waals surface area contributed by atoms with E-state index in [9.17, 15) is 9.59 Å². The van der Waals surface area contributed by atoms with Crippen LogP contribution in [0.15, 0.2) is 0 Å². The van der Waals surface area contributed by atoms with Crippen molar-refractivity contribution in [1.29, 1.82) is 0 Å². The van der Waals surface area contributed by atoms with Crippen molar-refractivity contribution in [1.82, 2.24) is 5.32 Å². The molecule has 0 saturated heterocycles. The minimum Gasteiger partial charge on any atom is -0.481 e. The Morgan fingerprint density at radius 2 is 1.56 bits per heavy atom. The Kier molecular flexibility index (Phi) is 5.06. The molecule has 0 unspecified atom stereocenters. The predicted octanol–water partition coefficient (Wildman–Crippen LogP) is -1.68. The number of carboxylic acids is 1. The molecule has 1 amide bonds. The molecule has 2 atom stereocenters. The zero-order valence-electron chi connectivity index (χ0n) is 10.0. The molecule has 0 bridgehead atoms. The molecule has 0 aromatic carbocycles. The number of rotatable bonds is 6. The Morgan fingerprint density at radius 3 is 1.94 bits per heavy atom. The van der Waals surface area contributed by atoms with Crippen molar-refractivity contribution in [3.05, 3.63) is 0 Å². The van der Waals surface area contributed by atoms with E-state index in [0.717, 1.165) is 0 Å². The first-order valence-corrected chi connectivity index (χ1v) is 5.85. The van der Waals surface area contributed by atoms with Crippen LogP contribution in [-0.4, -0.2) is 57.7 Å². The fourth-order valence-corrected chi connectivity index (χ4v) is 2.08. The summed E-state index contributed by atoms with van der Waals surface area (Å²) in [5, 5.41) is 38.5. The van der Waals surface area contributed by atoms with E-state index in [1.165, 1.54) is 0 Å². The van der Waals surface area contributed by atoms with Gasteiger partial charge in [-0.3, -0.25) is 9.59 Å². The van der Waals surface area contributed by atoms with Crippen LogP contribution in [0.4, 0.5) is 0 Å². The van der Waals surface area contributed by atoms with Gasteiger partial charge in [-0.15, -0.1) is 0 Å². The number of hydrogen-bond acceptors (Lipinski definition) is 5. The van der Waals surface area contributed by atoms with E-state index in [4.69, 9.17) is 20.4 Å². The lowest BCUT2D eigenvalue weighted by Crippen LogP contribution is -2.58. The van der Waals surface area contributed by atoms with Crippen LogP contribution in [0, 0.1) is 11.8 Å². The van der Waals surface area contributed by atoms with E-state index in [0.29, 0.717) is 12.8 Å². The normalized spacial score (nSPS) is 23.9. The fraction of sp³-hybridized carbons (Fsp3) is 0.818. The highest BCUT2D eigenvalue weighted by molar-refractivity contribution is 5.81. The van der Waals surface area contributed by atoms with Crippen LogP contribution < -0.4 is 5.32 Å². The largest absolute Gasteiger partial charge is 0.481 e. The lowest BCUT2D eigenvalue weighted by Gasteiger charge is -2.30. The van der Waals surface area contributed by atoms with Gasteiger partial charge in [-0.2, -0.15) is 0 Å². The number of carboxylic acid groups (broad SMARTS) is 1. The van der Waals surface area contributed by atoms with Crippen molar-refractivity contribution in [2.75, 3.05) is 19.8 Å². The van der Waals surface area contributed by atoms with Crippen molar-refractivity contribution in [3.63, 3.8) is 0 Å². The van der Waals surface area contributed by atoms with Crippen molar-refractivity contribution in [2.24, 2.45) is 11.8 Å². The van der Waals surface area contributed by atoms with Gasteiger partial charge >= 0.3 is 5.97 Å². The summed E-state index contributed by atoms with van der Waals surface area (Å²) in [6.45, 7) is -1.75. The summed E-state index contributed by atoms with van der Waals surface area (Å²) in [6.07, 6.45) is 1.15. The van der Waals surface area contributed by atoms with Crippen LogP contribution >= 0.6 is 0 Å². The molecule has 7 heteroatoms. The first-order valence-electron chi connectivity index (χ1n) is 5.85. The maximum absolute atomic E-state index is 11.9.